The van der Waals surface area contributed by atoms with Gasteiger partial charge in [0.05, 0.1) is 13.0 Å². The molecular formula is C20H23NO4. The molecule has 5 nitrogen and oxygen atoms in total. The molecule has 0 aliphatic heterocycles. The number of benzene rings is 2. The zero-order valence-electron chi connectivity index (χ0n) is 14.7. The number of nitrogens with one attached hydrogen (secondary N) is 1. The van der Waals surface area contributed by atoms with E-state index in [1.54, 1.807) is 25.3 Å². The molecule has 25 heavy (non-hydrogen) atoms. The van der Waals surface area contributed by atoms with Gasteiger partial charge in [-0.15, -0.1) is 0 Å². The summed E-state index contributed by atoms with van der Waals surface area (Å²) in [4.78, 5) is 23.8. The van der Waals surface area contributed by atoms with E-state index in [4.69, 9.17) is 4.74 Å². The lowest BCUT2D eigenvalue weighted by Crippen LogP contribution is -2.34. The summed E-state index contributed by atoms with van der Waals surface area (Å²) in [5, 5.41) is 12.2. The molecule has 0 aromatic heterocycles. The third kappa shape index (κ3) is 4.83. The maximum atomic E-state index is 12.3. The summed E-state index contributed by atoms with van der Waals surface area (Å²) >= 11 is 0. The highest BCUT2D eigenvalue weighted by molar-refractivity contribution is 5.94. The summed E-state index contributed by atoms with van der Waals surface area (Å²) in [6.45, 7) is 3.97. The number of aryl methyl sites for hydroxylation is 2. The van der Waals surface area contributed by atoms with E-state index in [0.717, 1.165) is 16.7 Å². The highest BCUT2D eigenvalue weighted by Crippen LogP contribution is 2.21. The van der Waals surface area contributed by atoms with Crippen LogP contribution < -0.4 is 10.1 Å². The standard InChI is InChI=1S/C20H23NO4/c1-13-8-9-16(10-14(13)2)19(22)21-12-17(20(23)24)11-15-6-4-5-7-18(15)25-3/h4-10,17H,11-12H2,1-3H3,(H,21,22)(H,23,24). The van der Waals surface area contributed by atoms with Crippen molar-refractivity contribution in [1.82, 2.24) is 5.32 Å². The zero-order valence-corrected chi connectivity index (χ0v) is 14.7. The minimum Gasteiger partial charge on any atom is -0.496 e. The number of para-hydroxylation sites is 1. The molecule has 0 aliphatic rings. The molecule has 1 atom stereocenters. The zero-order chi connectivity index (χ0) is 18.4. The van der Waals surface area contributed by atoms with Gasteiger partial charge in [0.25, 0.3) is 5.91 Å². The molecule has 5 heteroatoms. The summed E-state index contributed by atoms with van der Waals surface area (Å²) in [5.74, 6) is -1.30. The van der Waals surface area contributed by atoms with Crippen LogP contribution in [-0.2, 0) is 11.2 Å². The first kappa shape index (κ1) is 18.5. The van der Waals surface area contributed by atoms with Gasteiger partial charge in [0, 0.05) is 12.1 Å². The molecule has 0 fully saturated rings. The number of rotatable bonds is 7. The topological polar surface area (TPSA) is 75.6 Å². The minimum atomic E-state index is -0.953. The van der Waals surface area contributed by atoms with Gasteiger partial charge < -0.3 is 15.2 Å². The Balaban J connectivity index is 2.05. The number of amides is 1. The molecular weight excluding hydrogens is 318 g/mol. The van der Waals surface area contributed by atoms with Crippen LogP contribution in [0, 0.1) is 19.8 Å². The van der Waals surface area contributed by atoms with Gasteiger partial charge in [0.1, 0.15) is 5.75 Å². The highest BCUT2D eigenvalue weighted by Gasteiger charge is 2.21. The van der Waals surface area contributed by atoms with Gasteiger partial charge in [0.15, 0.2) is 0 Å². The van der Waals surface area contributed by atoms with Crippen LogP contribution in [0.1, 0.15) is 27.0 Å². The fourth-order valence-electron chi connectivity index (χ4n) is 2.58. The molecule has 2 N–H and O–H groups in total. The second-order valence-electron chi connectivity index (χ2n) is 6.06. The Morgan fingerprint density at radius 2 is 1.84 bits per heavy atom. The van der Waals surface area contributed by atoms with E-state index in [1.807, 2.05) is 38.1 Å². The summed E-state index contributed by atoms with van der Waals surface area (Å²) < 4.78 is 5.26. The molecule has 2 aromatic rings. The summed E-state index contributed by atoms with van der Waals surface area (Å²) in [6.07, 6.45) is 0.284. The first-order valence-electron chi connectivity index (χ1n) is 8.12. The fraction of sp³-hybridized carbons (Fsp3) is 0.300. The number of methoxy groups -OCH3 is 1. The van der Waals surface area contributed by atoms with Crippen LogP contribution in [-0.4, -0.2) is 30.6 Å². The van der Waals surface area contributed by atoms with Crippen molar-refractivity contribution in [2.45, 2.75) is 20.3 Å². The fourth-order valence-corrected chi connectivity index (χ4v) is 2.58. The van der Waals surface area contributed by atoms with Crippen LogP contribution in [0.5, 0.6) is 5.75 Å². The lowest BCUT2D eigenvalue weighted by atomic mass is 9.98. The molecule has 132 valence electrons. The van der Waals surface area contributed by atoms with Crippen molar-refractivity contribution in [2.75, 3.05) is 13.7 Å². The number of carboxylic acids is 1. The maximum Gasteiger partial charge on any atom is 0.308 e. The summed E-state index contributed by atoms with van der Waals surface area (Å²) in [5.41, 5.74) is 3.47. The van der Waals surface area contributed by atoms with E-state index in [9.17, 15) is 14.7 Å². The molecule has 0 radical (unpaired) electrons. The minimum absolute atomic E-state index is 0.0547. The SMILES string of the molecule is COc1ccccc1CC(CNC(=O)c1ccc(C)c(C)c1)C(=O)O. The second kappa shape index (κ2) is 8.33. The summed E-state index contributed by atoms with van der Waals surface area (Å²) in [6, 6.07) is 12.7. The third-order valence-corrected chi connectivity index (χ3v) is 4.29. The monoisotopic (exact) mass is 341 g/mol. The van der Waals surface area contributed by atoms with Crippen LogP contribution in [0.4, 0.5) is 0 Å². The average Bonchev–Trinajstić information content (AvgIpc) is 2.60. The Morgan fingerprint density at radius 1 is 1.12 bits per heavy atom. The predicted molar refractivity (Wildman–Crippen MR) is 96.1 cm³/mol. The van der Waals surface area contributed by atoms with Gasteiger partial charge in [-0.1, -0.05) is 24.3 Å². The second-order valence-corrected chi connectivity index (χ2v) is 6.06. The predicted octanol–water partition coefficient (Wildman–Crippen LogP) is 2.99. The van der Waals surface area contributed by atoms with Gasteiger partial charge in [-0.25, -0.2) is 0 Å². The molecule has 0 bridgehead atoms. The first-order chi connectivity index (χ1) is 11.9. The van der Waals surface area contributed by atoms with Gasteiger partial charge in [0.2, 0.25) is 0 Å². The van der Waals surface area contributed by atoms with Crippen molar-refractivity contribution in [3.63, 3.8) is 0 Å². The molecule has 0 spiro atoms. The van der Waals surface area contributed by atoms with Gasteiger partial charge in [-0.2, -0.15) is 0 Å². The van der Waals surface area contributed by atoms with Gasteiger partial charge >= 0.3 is 5.97 Å². The molecule has 0 saturated carbocycles. The Kier molecular flexibility index (Phi) is 6.17. The lowest BCUT2D eigenvalue weighted by Gasteiger charge is -2.15. The number of hydrogen-bond donors (Lipinski definition) is 2. The Labute approximate surface area is 147 Å². The number of carbonyl (C=O) groups excluding carboxylic acids is 1. The van der Waals surface area contributed by atoms with Crippen molar-refractivity contribution in [1.29, 1.82) is 0 Å². The van der Waals surface area contributed by atoms with Crippen LogP contribution in [0.2, 0.25) is 0 Å². The first-order valence-corrected chi connectivity index (χ1v) is 8.12. The number of hydrogen-bond acceptors (Lipinski definition) is 3. The van der Waals surface area contributed by atoms with Crippen molar-refractivity contribution in [3.05, 3.63) is 64.7 Å². The highest BCUT2D eigenvalue weighted by atomic mass is 16.5. The molecule has 1 unspecified atom stereocenters. The van der Waals surface area contributed by atoms with E-state index in [0.29, 0.717) is 11.3 Å². The number of carboxylic acid groups (broad SMARTS) is 1. The van der Waals surface area contributed by atoms with Crippen molar-refractivity contribution < 1.29 is 19.4 Å². The van der Waals surface area contributed by atoms with Crippen molar-refractivity contribution in [3.8, 4) is 5.75 Å². The van der Waals surface area contributed by atoms with Crippen LogP contribution in [0.3, 0.4) is 0 Å². The van der Waals surface area contributed by atoms with E-state index in [1.165, 1.54) is 0 Å². The van der Waals surface area contributed by atoms with Crippen LogP contribution in [0.25, 0.3) is 0 Å². The van der Waals surface area contributed by atoms with E-state index in [-0.39, 0.29) is 18.9 Å². The molecule has 2 aromatic carbocycles. The third-order valence-electron chi connectivity index (χ3n) is 4.29. The van der Waals surface area contributed by atoms with Gasteiger partial charge in [-0.3, -0.25) is 9.59 Å². The largest absolute Gasteiger partial charge is 0.496 e. The van der Waals surface area contributed by atoms with Crippen LogP contribution in [0.15, 0.2) is 42.5 Å². The maximum absolute atomic E-state index is 12.3. The number of carbonyl (C=O) groups is 2. The normalized spacial score (nSPS) is 11.6. The molecule has 0 aliphatic carbocycles. The quantitative estimate of drug-likeness (QED) is 0.812. The van der Waals surface area contributed by atoms with E-state index >= 15 is 0 Å². The van der Waals surface area contributed by atoms with E-state index < -0.39 is 11.9 Å². The Hall–Kier alpha value is -2.82. The van der Waals surface area contributed by atoms with E-state index in [2.05, 4.69) is 5.32 Å². The Morgan fingerprint density at radius 3 is 2.48 bits per heavy atom. The molecule has 2 rings (SSSR count). The number of ether oxygens (including phenoxy) is 1. The molecule has 1 amide bonds. The van der Waals surface area contributed by atoms with Gasteiger partial charge in [-0.05, 0) is 55.2 Å². The summed E-state index contributed by atoms with van der Waals surface area (Å²) in [7, 11) is 1.55. The lowest BCUT2D eigenvalue weighted by molar-refractivity contribution is -0.141. The van der Waals surface area contributed by atoms with Crippen molar-refractivity contribution in [2.24, 2.45) is 5.92 Å². The number of aliphatic carboxylic acids is 1. The smallest absolute Gasteiger partial charge is 0.308 e. The molecule has 0 saturated heterocycles. The van der Waals surface area contributed by atoms with Crippen molar-refractivity contribution >= 4 is 11.9 Å². The average molecular weight is 341 g/mol. The molecule has 0 heterocycles. The Bertz CT molecular complexity index is 770. The van der Waals surface area contributed by atoms with Crippen LogP contribution >= 0.6 is 0 Å².